The lowest BCUT2D eigenvalue weighted by molar-refractivity contribution is -0.380. The van der Waals surface area contributed by atoms with E-state index >= 15 is 0 Å². The minimum Gasteiger partial charge on any atom is -0.346 e. The van der Waals surface area contributed by atoms with Crippen LogP contribution >= 0.6 is 11.3 Å². The molecule has 0 amide bonds. The first-order valence-electron chi connectivity index (χ1n) is 7.00. The zero-order valence-electron chi connectivity index (χ0n) is 11.6. The molecule has 0 aliphatic carbocycles. The molecule has 1 aliphatic heterocycles. The van der Waals surface area contributed by atoms with Crippen molar-refractivity contribution in [1.82, 2.24) is 14.8 Å². The number of fused-ring (bicyclic) bond motifs is 1. The quantitative estimate of drug-likeness (QED) is 0.548. The van der Waals surface area contributed by atoms with Crippen LogP contribution in [0.5, 0.6) is 0 Å². The van der Waals surface area contributed by atoms with Gasteiger partial charge in [0.25, 0.3) is 0 Å². The van der Waals surface area contributed by atoms with Crippen LogP contribution in [0.25, 0.3) is 10.9 Å². The Morgan fingerprint density at radius 1 is 1.32 bits per heavy atom. The minimum atomic E-state index is -0.393. The zero-order chi connectivity index (χ0) is 15.1. The fourth-order valence-electron chi connectivity index (χ4n) is 2.89. The third kappa shape index (κ3) is 2.12. The van der Waals surface area contributed by atoms with Crippen molar-refractivity contribution in [2.75, 3.05) is 18.0 Å². The van der Waals surface area contributed by atoms with Crippen molar-refractivity contribution in [3.8, 4) is 0 Å². The number of benzene rings is 1. The molecule has 0 spiro atoms. The molecule has 1 atom stereocenters. The van der Waals surface area contributed by atoms with Gasteiger partial charge in [0.15, 0.2) is 5.13 Å². The first-order valence-corrected chi connectivity index (χ1v) is 7.81. The van der Waals surface area contributed by atoms with Gasteiger partial charge in [0, 0.05) is 18.5 Å². The molecule has 2 aromatic heterocycles. The van der Waals surface area contributed by atoms with Gasteiger partial charge in [0.1, 0.15) is 6.20 Å². The predicted octanol–water partition coefficient (Wildman–Crippen LogP) is 2.85. The molecule has 1 fully saturated rings. The van der Waals surface area contributed by atoms with Gasteiger partial charge in [-0.25, -0.2) is 4.98 Å². The summed E-state index contributed by atoms with van der Waals surface area (Å²) in [6, 6.07) is 8.40. The van der Waals surface area contributed by atoms with Gasteiger partial charge in [-0.2, -0.15) is 5.10 Å². The molecule has 8 heteroatoms. The van der Waals surface area contributed by atoms with Crippen molar-refractivity contribution in [2.45, 2.75) is 12.5 Å². The standard InChI is InChI=1S/C14H13N5O2S/c20-19(21)13-8-15-14(22-13)17-6-5-11(9-17)18-12-4-2-1-3-10(12)7-16-18/h1-4,7-8,11H,5-6,9H2/t11-/m0/s1. The Morgan fingerprint density at radius 3 is 3.00 bits per heavy atom. The Kier molecular flexibility index (Phi) is 3.04. The summed E-state index contributed by atoms with van der Waals surface area (Å²) < 4.78 is 2.05. The van der Waals surface area contributed by atoms with Crippen LogP contribution in [0, 0.1) is 10.1 Å². The van der Waals surface area contributed by atoms with Gasteiger partial charge in [0.2, 0.25) is 0 Å². The van der Waals surface area contributed by atoms with Gasteiger partial charge in [-0.3, -0.25) is 14.8 Å². The van der Waals surface area contributed by atoms with Gasteiger partial charge in [-0.1, -0.05) is 18.2 Å². The molecule has 1 aromatic carbocycles. The maximum atomic E-state index is 10.8. The van der Waals surface area contributed by atoms with Crippen LogP contribution in [0.4, 0.5) is 10.1 Å². The van der Waals surface area contributed by atoms with E-state index in [1.165, 1.54) is 6.20 Å². The largest absolute Gasteiger partial charge is 0.346 e. The van der Waals surface area contributed by atoms with Crippen molar-refractivity contribution >= 4 is 32.4 Å². The lowest BCUT2D eigenvalue weighted by Gasteiger charge is -2.15. The summed E-state index contributed by atoms with van der Waals surface area (Å²) >= 11 is 1.13. The second-order valence-corrected chi connectivity index (χ2v) is 6.26. The van der Waals surface area contributed by atoms with Crippen LogP contribution in [0.1, 0.15) is 12.5 Å². The average Bonchev–Trinajstić information content (AvgIpc) is 3.25. The van der Waals surface area contributed by atoms with Crippen molar-refractivity contribution in [3.05, 3.63) is 46.8 Å². The van der Waals surface area contributed by atoms with E-state index in [9.17, 15) is 10.1 Å². The summed E-state index contributed by atoms with van der Waals surface area (Å²) in [5.41, 5.74) is 1.12. The molecular weight excluding hydrogens is 302 g/mol. The summed E-state index contributed by atoms with van der Waals surface area (Å²) in [6.07, 6.45) is 4.17. The maximum absolute atomic E-state index is 10.8. The molecule has 0 unspecified atom stereocenters. The number of hydrogen-bond acceptors (Lipinski definition) is 6. The number of hydrogen-bond donors (Lipinski definition) is 0. The lowest BCUT2D eigenvalue weighted by atomic mass is 10.2. The summed E-state index contributed by atoms with van der Waals surface area (Å²) in [6.45, 7) is 1.61. The minimum absolute atomic E-state index is 0.0861. The number of anilines is 1. The van der Waals surface area contributed by atoms with Gasteiger partial charge >= 0.3 is 5.00 Å². The third-order valence-corrected chi connectivity index (χ3v) is 4.96. The number of nitrogens with zero attached hydrogens (tertiary/aromatic N) is 5. The summed E-state index contributed by atoms with van der Waals surface area (Å²) in [7, 11) is 0. The van der Waals surface area contributed by atoms with Crippen LogP contribution < -0.4 is 4.90 Å². The molecule has 3 heterocycles. The smallest absolute Gasteiger partial charge is 0.345 e. The highest BCUT2D eigenvalue weighted by Crippen LogP contribution is 2.33. The van der Waals surface area contributed by atoms with Gasteiger partial charge in [0.05, 0.1) is 22.7 Å². The second kappa shape index (κ2) is 5.06. The molecule has 112 valence electrons. The summed E-state index contributed by atoms with van der Waals surface area (Å²) in [5, 5.41) is 17.2. The fraction of sp³-hybridized carbons (Fsp3) is 0.286. The van der Waals surface area contributed by atoms with Gasteiger partial charge < -0.3 is 4.90 Å². The van der Waals surface area contributed by atoms with E-state index in [4.69, 9.17) is 0 Å². The Labute approximate surface area is 130 Å². The molecule has 0 bridgehead atoms. The number of thiazole rings is 1. The molecule has 0 radical (unpaired) electrons. The number of aromatic nitrogens is 3. The molecule has 22 heavy (non-hydrogen) atoms. The highest BCUT2D eigenvalue weighted by molar-refractivity contribution is 7.18. The first-order chi connectivity index (χ1) is 10.7. The molecule has 1 saturated heterocycles. The third-order valence-electron chi connectivity index (χ3n) is 3.95. The van der Waals surface area contributed by atoms with Crippen molar-refractivity contribution < 1.29 is 4.92 Å². The molecule has 0 N–H and O–H groups in total. The monoisotopic (exact) mass is 315 g/mol. The molecule has 0 saturated carbocycles. The Morgan fingerprint density at radius 2 is 2.18 bits per heavy atom. The highest BCUT2D eigenvalue weighted by Gasteiger charge is 2.28. The Bertz CT molecular complexity index is 843. The Hall–Kier alpha value is -2.48. The zero-order valence-corrected chi connectivity index (χ0v) is 12.4. The number of rotatable bonds is 3. The van der Waals surface area contributed by atoms with Gasteiger partial charge in [-0.15, -0.1) is 0 Å². The van der Waals surface area contributed by atoms with E-state index in [2.05, 4.69) is 31.8 Å². The normalized spacial score (nSPS) is 18.2. The van der Waals surface area contributed by atoms with Crippen molar-refractivity contribution in [3.63, 3.8) is 0 Å². The molecule has 1 aliphatic rings. The number of para-hydroxylation sites is 1. The van der Waals surface area contributed by atoms with Crippen LogP contribution in [0.15, 0.2) is 36.7 Å². The molecule has 4 rings (SSSR count). The number of nitro groups is 1. The molecule has 3 aromatic rings. The Balaban J connectivity index is 1.58. The van der Waals surface area contributed by atoms with E-state index in [0.717, 1.165) is 41.8 Å². The predicted molar refractivity (Wildman–Crippen MR) is 84.4 cm³/mol. The second-order valence-electron chi connectivity index (χ2n) is 5.27. The highest BCUT2D eigenvalue weighted by atomic mass is 32.1. The van der Waals surface area contributed by atoms with Crippen LogP contribution in [0.2, 0.25) is 0 Å². The van der Waals surface area contributed by atoms with E-state index in [-0.39, 0.29) is 11.0 Å². The van der Waals surface area contributed by atoms with E-state index in [0.29, 0.717) is 5.13 Å². The van der Waals surface area contributed by atoms with E-state index in [1.807, 2.05) is 18.3 Å². The maximum Gasteiger partial charge on any atom is 0.345 e. The average molecular weight is 315 g/mol. The van der Waals surface area contributed by atoms with Crippen LogP contribution in [-0.2, 0) is 0 Å². The summed E-state index contributed by atoms with van der Waals surface area (Å²) in [5.74, 6) is 0. The van der Waals surface area contributed by atoms with E-state index < -0.39 is 4.92 Å². The fourth-order valence-corrected chi connectivity index (χ4v) is 3.65. The molecular formula is C14H13N5O2S. The SMILES string of the molecule is O=[N+]([O-])c1cnc(N2CC[C@H](n3ncc4ccccc43)C2)s1. The van der Waals surface area contributed by atoms with Crippen molar-refractivity contribution in [2.24, 2.45) is 0 Å². The van der Waals surface area contributed by atoms with Crippen LogP contribution in [-0.4, -0.2) is 32.8 Å². The van der Waals surface area contributed by atoms with Crippen molar-refractivity contribution in [1.29, 1.82) is 0 Å². The topological polar surface area (TPSA) is 77.1 Å². The molecule has 7 nitrogen and oxygen atoms in total. The first kappa shape index (κ1) is 13.2. The van der Waals surface area contributed by atoms with Crippen LogP contribution in [0.3, 0.4) is 0 Å². The van der Waals surface area contributed by atoms with Gasteiger partial charge in [-0.05, 0) is 23.8 Å². The lowest BCUT2D eigenvalue weighted by Crippen LogP contribution is -2.20. The summed E-state index contributed by atoms with van der Waals surface area (Å²) in [4.78, 5) is 16.6. The van der Waals surface area contributed by atoms with E-state index in [1.54, 1.807) is 0 Å².